The summed E-state index contributed by atoms with van der Waals surface area (Å²) in [4.78, 5) is 25.7. The quantitative estimate of drug-likeness (QED) is 0.664. The Labute approximate surface area is 123 Å². The minimum Gasteiger partial charge on any atom is -0.383 e. The molecule has 8 nitrogen and oxygen atoms in total. The van der Waals surface area contributed by atoms with E-state index >= 15 is 0 Å². The number of nitrogens with one attached hydrogen (secondary N) is 2. The number of hydrogen-bond acceptors (Lipinski definition) is 6. The van der Waals surface area contributed by atoms with Crippen molar-refractivity contribution < 1.29 is 8.42 Å². The van der Waals surface area contributed by atoms with E-state index in [-0.39, 0.29) is 18.1 Å². The van der Waals surface area contributed by atoms with Crippen LogP contribution in [0.3, 0.4) is 0 Å². The van der Waals surface area contributed by atoms with Gasteiger partial charge in [-0.3, -0.25) is 14.3 Å². The van der Waals surface area contributed by atoms with Gasteiger partial charge in [0.05, 0.1) is 4.75 Å². The van der Waals surface area contributed by atoms with Crippen molar-refractivity contribution in [1.29, 1.82) is 0 Å². The highest BCUT2D eigenvalue weighted by Gasteiger charge is 2.30. The Hall–Kier alpha value is -1.77. The third-order valence-electron chi connectivity index (χ3n) is 3.38. The number of nitrogen functional groups attached to an aromatic ring is 1. The topological polar surface area (TPSA) is 127 Å². The van der Waals surface area contributed by atoms with Gasteiger partial charge in [0.2, 0.25) is 0 Å². The smallest absolute Gasteiger partial charge is 0.330 e. The van der Waals surface area contributed by atoms with Crippen molar-refractivity contribution in [3.63, 3.8) is 0 Å². The van der Waals surface area contributed by atoms with E-state index in [4.69, 9.17) is 5.73 Å². The Morgan fingerprint density at radius 2 is 1.90 bits per heavy atom. The van der Waals surface area contributed by atoms with Gasteiger partial charge in [0.1, 0.15) is 11.5 Å². The van der Waals surface area contributed by atoms with Crippen molar-refractivity contribution in [2.24, 2.45) is 0 Å². The number of hydrogen-bond donors (Lipinski definition) is 3. The van der Waals surface area contributed by atoms with E-state index in [1.54, 1.807) is 13.8 Å². The molecule has 120 valence electrons. The van der Waals surface area contributed by atoms with Crippen LogP contribution >= 0.6 is 0 Å². The van der Waals surface area contributed by atoms with E-state index < -0.39 is 25.8 Å². The molecule has 9 heteroatoms. The number of aromatic nitrogens is 2. The van der Waals surface area contributed by atoms with Crippen LogP contribution < -0.4 is 22.3 Å². The van der Waals surface area contributed by atoms with Crippen molar-refractivity contribution in [3.8, 4) is 0 Å². The maximum Gasteiger partial charge on any atom is 0.330 e. The summed E-state index contributed by atoms with van der Waals surface area (Å²) in [6.07, 6.45) is 1.80. The zero-order valence-corrected chi connectivity index (χ0v) is 13.5. The monoisotopic (exact) mass is 318 g/mol. The highest BCUT2D eigenvalue weighted by atomic mass is 32.2. The third kappa shape index (κ3) is 3.66. The summed E-state index contributed by atoms with van der Waals surface area (Å²) in [6, 6.07) is 0. The van der Waals surface area contributed by atoms with Crippen LogP contribution in [0.4, 0.5) is 11.5 Å². The van der Waals surface area contributed by atoms with Gasteiger partial charge >= 0.3 is 5.69 Å². The van der Waals surface area contributed by atoms with Gasteiger partial charge in [0, 0.05) is 19.3 Å². The molecule has 1 rings (SSSR count). The SMILES string of the molecule is CCCn1c(N)c(NCC(C)(C)S(C)(=O)=O)c(=O)[nH]c1=O. The van der Waals surface area contributed by atoms with Crippen LogP contribution in [0.5, 0.6) is 0 Å². The Kier molecular flexibility index (Phi) is 4.87. The molecule has 0 saturated heterocycles. The van der Waals surface area contributed by atoms with Crippen LogP contribution in [-0.4, -0.2) is 35.5 Å². The Balaban J connectivity index is 3.19. The molecular formula is C12H22N4O4S. The summed E-state index contributed by atoms with van der Waals surface area (Å²) in [7, 11) is -3.31. The largest absolute Gasteiger partial charge is 0.383 e. The van der Waals surface area contributed by atoms with Crippen molar-refractivity contribution in [2.75, 3.05) is 23.9 Å². The lowest BCUT2D eigenvalue weighted by Gasteiger charge is -2.24. The van der Waals surface area contributed by atoms with Crippen LogP contribution in [0.25, 0.3) is 0 Å². The summed E-state index contributed by atoms with van der Waals surface area (Å²) in [5.41, 5.74) is 4.62. The van der Waals surface area contributed by atoms with Gasteiger partial charge in [0.25, 0.3) is 5.56 Å². The lowest BCUT2D eigenvalue weighted by atomic mass is 10.2. The molecule has 0 aliphatic rings. The second kappa shape index (κ2) is 5.92. The van der Waals surface area contributed by atoms with Crippen molar-refractivity contribution in [1.82, 2.24) is 9.55 Å². The summed E-state index contributed by atoms with van der Waals surface area (Å²) in [5.74, 6) is 0.00917. The molecule has 1 aromatic rings. The zero-order chi connectivity index (χ0) is 16.4. The maximum absolute atomic E-state index is 11.8. The molecule has 0 amide bonds. The van der Waals surface area contributed by atoms with E-state index in [0.717, 1.165) is 6.26 Å². The number of nitrogens with zero attached hydrogens (tertiary/aromatic N) is 1. The number of H-pyrrole nitrogens is 1. The normalized spacial score (nSPS) is 12.4. The summed E-state index contributed by atoms with van der Waals surface area (Å²) < 4.78 is 23.5. The van der Waals surface area contributed by atoms with E-state index in [1.165, 1.54) is 4.57 Å². The van der Waals surface area contributed by atoms with Gasteiger partial charge in [-0.15, -0.1) is 0 Å². The van der Waals surface area contributed by atoms with Crippen LogP contribution in [0.15, 0.2) is 9.59 Å². The predicted molar refractivity (Wildman–Crippen MR) is 83.4 cm³/mol. The second-order valence-corrected chi connectivity index (χ2v) is 8.21. The average molecular weight is 318 g/mol. The van der Waals surface area contributed by atoms with Gasteiger partial charge in [0.15, 0.2) is 9.84 Å². The van der Waals surface area contributed by atoms with Gasteiger partial charge in [-0.05, 0) is 20.3 Å². The Morgan fingerprint density at radius 1 is 1.33 bits per heavy atom. The molecule has 0 bridgehead atoms. The molecule has 0 aliphatic carbocycles. The molecule has 0 atom stereocenters. The number of aromatic amines is 1. The summed E-state index contributed by atoms with van der Waals surface area (Å²) in [6.45, 7) is 5.33. The fraction of sp³-hybridized carbons (Fsp3) is 0.667. The summed E-state index contributed by atoms with van der Waals surface area (Å²) in [5, 5.41) is 2.75. The molecule has 0 aromatic carbocycles. The van der Waals surface area contributed by atoms with Gasteiger partial charge in [-0.25, -0.2) is 13.2 Å². The first kappa shape index (κ1) is 17.3. The molecule has 0 spiro atoms. The predicted octanol–water partition coefficient (Wildman–Crippen LogP) is -0.236. The first-order valence-electron chi connectivity index (χ1n) is 6.57. The lowest BCUT2D eigenvalue weighted by molar-refractivity contribution is 0.559. The fourth-order valence-electron chi connectivity index (χ4n) is 1.64. The zero-order valence-electron chi connectivity index (χ0n) is 12.7. The molecule has 0 aliphatic heterocycles. The number of rotatable bonds is 6. The van der Waals surface area contributed by atoms with E-state index in [2.05, 4.69) is 10.3 Å². The van der Waals surface area contributed by atoms with Crippen LogP contribution in [0.2, 0.25) is 0 Å². The maximum atomic E-state index is 11.8. The number of anilines is 2. The van der Waals surface area contributed by atoms with Gasteiger partial charge in [-0.2, -0.15) is 0 Å². The minimum atomic E-state index is -3.31. The molecule has 4 N–H and O–H groups in total. The standard InChI is InChI=1S/C12H22N4O4S/c1-5-6-16-9(13)8(10(17)15-11(16)18)14-7-12(2,3)21(4,19)20/h14H,5-7,13H2,1-4H3,(H,15,17,18). The molecule has 0 fully saturated rings. The highest BCUT2D eigenvalue weighted by Crippen LogP contribution is 2.17. The lowest BCUT2D eigenvalue weighted by Crippen LogP contribution is -2.41. The molecule has 0 saturated carbocycles. The third-order valence-corrected chi connectivity index (χ3v) is 5.53. The summed E-state index contributed by atoms with van der Waals surface area (Å²) >= 11 is 0. The van der Waals surface area contributed by atoms with E-state index in [0.29, 0.717) is 13.0 Å². The van der Waals surface area contributed by atoms with Gasteiger partial charge < -0.3 is 11.1 Å². The first-order valence-corrected chi connectivity index (χ1v) is 8.46. The number of sulfone groups is 1. The Bertz CT molecular complexity index is 731. The van der Waals surface area contributed by atoms with Crippen molar-refractivity contribution >= 4 is 21.3 Å². The van der Waals surface area contributed by atoms with E-state index in [9.17, 15) is 18.0 Å². The molecule has 21 heavy (non-hydrogen) atoms. The van der Waals surface area contributed by atoms with Crippen molar-refractivity contribution in [3.05, 3.63) is 20.8 Å². The van der Waals surface area contributed by atoms with Gasteiger partial charge in [-0.1, -0.05) is 6.92 Å². The molecular weight excluding hydrogens is 296 g/mol. The fourth-order valence-corrected chi connectivity index (χ4v) is 1.97. The van der Waals surface area contributed by atoms with Crippen LogP contribution in [0, 0.1) is 0 Å². The average Bonchev–Trinajstić information content (AvgIpc) is 2.32. The highest BCUT2D eigenvalue weighted by molar-refractivity contribution is 7.92. The Morgan fingerprint density at radius 3 is 2.38 bits per heavy atom. The molecule has 0 unspecified atom stereocenters. The van der Waals surface area contributed by atoms with Crippen LogP contribution in [0.1, 0.15) is 27.2 Å². The van der Waals surface area contributed by atoms with E-state index in [1.807, 2.05) is 6.92 Å². The second-order valence-electron chi connectivity index (χ2n) is 5.56. The molecule has 0 radical (unpaired) electrons. The van der Waals surface area contributed by atoms with Crippen molar-refractivity contribution in [2.45, 2.75) is 38.5 Å². The molecule has 1 heterocycles. The van der Waals surface area contributed by atoms with Crippen LogP contribution in [-0.2, 0) is 16.4 Å². The molecule has 1 aromatic heterocycles. The first-order chi connectivity index (χ1) is 9.51. The number of nitrogens with two attached hydrogens (primary N) is 1. The minimum absolute atomic E-state index is 0.00341.